The van der Waals surface area contributed by atoms with Gasteiger partial charge in [0.1, 0.15) is 11.4 Å². The zero-order chi connectivity index (χ0) is 27.9. The summed E-state index contributed by atoms with van der Waals surface area (Å²) in [6, 6.07) is 18.8. The lowest BCUT2D eigenvalue weighted by Crippen LogP contribution is -2.48. The van der Waals surface area contributed by atoms with Crippen LogP contribution < -0.4 is 4.74 Å². The van der Waals surface area contributed by atoms with E-state index in [4.69, 9.17) is 22.1 Å². The number of carbonyl (C=O) groups excluding carboxylic acids is 1. The Hall–Kier alpha value is -1.98. The quantitative estimate of drug-likeness (QED) is 0.175. The number of benzene rings is 2. The Bertz CT molecular complexity index is 1230. The topological polar surface area (TPSA) is 35.5 Å². The van der Waals surface area contributed by atoms with E-state index in [9.17, 15) is 4.79 Å². The molecule has 0 saturated heterocycles. The van der Waals surface area contributed by atoms with Crippen molar-refractivity contribution in [2.24, 2.45) is 16.2 Å². The fourth-order valence-corrected chi connectivity index (χ4v) is 6.59. The molecule has 3 nitrogen and oxygen atoms in total. The van der Waals surface area contributed by atoms with Gasteiger partial charge in [-0.1, -0.05) is 71.9 Å². The first kappa shape index (κ1) is 29.6. The summed E-state index contributed by atoms with van der Waals surface area (Å²) in [5, 5.41) is 1.19. The maximum atomic E-state index is 13.6. The van der Waals surface area contributed by atoms with Gasteiger partial charge in [-0.25, -0.2) is 0 Å². The normalized spacial score (nSPS) is 16.2. The van der Waals surface area contributed by atoms with E-state index in [0.717, 1.165) is 16.9 Å². The number of esters is 1. The Morgan fingerprint density at radius 1 is 0.838 bits per heavy atom. The smallest absolute Gasteiger partial charge is 0.312 e. The lowest BCUT2D eigenvalue weighted by molar-refractivity contribution is -0.180. The van der Waals surface area contributed by atoms with Gasteiger partial charge < -0.3 is 9.47 Å². The molecule has 3 aromatic rings. The molecule has 0 aliphatic rings. The fourth-order valence-electron chi connectivity index (χ4n) is 5.00. The minimum atomic E-state index is -0.834. The maximum absolute atomic E-state index is 13.6. The lowest BCUT2D eigenvalue weighted by atomic mass is 9.61. The Kier molecular flexibility index (Phi) is 8.23. The molecule has 2 unspecified atom stereocenters. The Morgan fingerprint density at radius 3 is 2.03 bits per heavy atom. The van der Waals surface area contributed by atoms with Crippen LogP contribution in [-0.4, -0.2) is 16.5 Å². The molecular formula is C32H44O3S2. The van der Waals surface area contributed by atoms with Crippen LogP contribution in [0.25, 0.3) is 20.5 Å². The van der Waals surface area contributed by atoms with Crippen molar-refractivity contribution in [1.82, 2.24) is 0 Å². The van der Waals surface area contributed by atoms with Crippen molar-refractivity contribution in [2.45, 2.75) is 92.6 Å². The third-order valence-electron chi connectivity index (χ3n) is 7.00. The van der Waals surface area contributed by atoms with Crippen LogP contribution >= 0.6 is 24.0 Å². The van der Waals surface area contributed by atoms with Crippen molar-refractivity contribution >= 4 is 40.0 Å². The van der Waals surface area contributed by atoms with Crippen LogP contribution in [0.5, 0.6) is 5.75 Å². The third-order valence-corrected chi connectivity index (χ3v) is 8.40. The van der Waals surface area contributed by atoms with Gasteiger partial charge in [0.05, 0.1) is 5.41 Å². The maximum Gasteiger partial charge on any atom is 0.312 e. The highest BCUT2D eigenvalue weighted by Gasteiger charge is 2.49. The van der Waals surface area contributed by atoms with E-state index >= 15 is 0 Å². The van der Waals surface area contributed by atoms with Crippen LogP contribution in [0.3, 0.4) is 0 Å². The van der Waals surface area contributed by atoms with Crippen molar-refractivity contribution in [3.05, 3.63) is 54.6 Å². The summed E-state index contributed by atoms with van der Waals surface area (Å²) in [6.07, 6.45) is 1.17. The molecule has 0 aliphatic carbocycles. The summed E-state index contributed by atoms with van der Waals surface area (Å²) >= 11 is 6.61. The van der Waals surface area contributed by atoms with Gasteiger partial charge in [-0.3, -0.25) is 4.79 Å². The third kappa shape index (κ3) is 7.54. The van der Waals surface area contributed by atoms with Crippen LogP contribution in [0.1, 0.15) is 82.1 Å². The summed E-state index contributed by atoms with van der Waals surface area (Å²) in [7, 11) is 0. The average Bonchev–Trinajstić information content (AvgIpc) is 3.14. The largest absolute Gasteiger partial charge is 0.477 e. The molecule has 0 aliphatic heterocycles. The van der Waals surface area contributed by atoms with E-state index < -0.39 is 15.9 Å². The molecule has 0 N–H and O–H groups in total. The zero-order valence-electron chi connectivity index (χ0n) is 24.2. The molecule has 1 heterocycles. The number of thiol groups is 1. The van der Waals surface area contributed by atoms with Gasteiger partial charge in [-0.2, -0.15) is 0 Å². The van der Waals surface area contributed by atoms with Gasteiger partial charge in [-0.05, 0) is 80.2 Å². The zero-order valence-corrected chi connectivity index (χ0v) is 25.9. The van der Waals surface area contributed by atoms with Gasteiger partial charge in [0.2, 0.25) is 0 Å². The van der Waals surface area contributed by atoms with Gasteiger partial charge in [-0.15, -0.1) is 24.0 Å². The molecule has 2 aromatic carbocycles. The van der Waals surface area contributed by atoms with Crippen LogP contribution in [-0.2, 0) is 9.53 Å². The standard InChI is InChI=1S/C32H44O3S2/c1-28(2,3)20-31(9,29(4,5)6)27(33)35-30(7,8)21-32(10,36)34-24-17-16-23-18-25(37-26(23)19-24)22-14-12-11-13-15-22/h11-19,36H,20-21H2,1-10H3. The van der Waals surface area contributed by atoms with Gasteiger partial charge >= 0.3 is 5.97 Å². The van der Waals surface area contributed by atoms with Crippen LogP contribution in [0.2, 0.25) is 0 Å². The first-order chi connectivity index (χ1) is 16.8. The number of carbonyl (C=O) groups is 1. The molecular weight excluding hydrogens is 496 g/mol. The molecule has 202 valence electrons. The predicted octanol–water partition coefficient (Wildman–Crippen LogP) is 9.79. The lowest BCUT2D eigenvalue weighted by Gasteiger charge is -2.45. The highest BCUT2D eigenvalue weighted by molar-refractivity contribution is 7.81. The van der Waals surface area contributed by atoms with Crippen LogP contribution in [0, 0.1) is 16.2 Å². The van der Waals surface area contributed by atoms with Crippen molar-refractivity contribution in [3.63, 3.8) is 0 Å². The number of hydrogen-bond donors (Lipinski definition) is 1. The molecule has 3 rings (SSSR count). The van der Waals surface area contributed by atoms with Crippen molar-refractivity contribution in [3.8, 4) is 16.2 Å². The number of hydrogen-bond acceptors (Lipinski definition) is 5. The van der Waals surface area contributed by atoms with Gasteiger partial charge in [0.15, 0.2) is 4.93 Å². The molecule has 2 atom stereocenters. The molecule has 5 heteroatoms. The Labute approximate surface area is 233 Å². The second kappa shape index (κ2) is 10.3. The second-order valence-electron chi connectivity index (χ2n) is 13.6. The fraction of sp³-hybridized carbons (Fsp3) is 0.531. The number of ether oxygens (including phenoxy) is 2. The average molecular weight is 541 g/mol. The SMILES string of the molecule is CC(C)(C)CC(C)(C(=O)OC(C)(C)CC(C)(S)Oc1ccc2cc(-c3ccccc3)sc2c1)C(C)(C)C. The summed E-state index contributed by atoms with van der Waals surface area (Å²) < 4.78 is 13.7. The molecule has 0 amide bonds. The Balaban J connectivity index is 1.75. The second-order valence-corrected chi connectivity index (χ2v) is 15.6. The summed E-state index contributed by atoms with van der Waals surface area (Å²) in [6.45, 7) is 20.7. The molecule has 0 spiro atoms. The first-order valence-corrected chi connectivity index (χ1v) is 14.3. The van der Waals surface area contributed by atoms with E-state index in [-0.39, 0.29) is 16.8 Å². The van der Waals surface area contributed by atoms with Crippen LogP contribution in [0.4, 0.5) is 0 Å². The van der Waals surface area contributed by atoms with Crippen LogP contribution in [0.15, 0.2) is 54.6 Å². The van der Waals surface area contributed by atoms with E-state index in [2.05, 4.69) is 84.0 Å². The molecule has 0 saturated carbocycles. The van der Waals surface area contributed by atoms with Crippen molar-refractivity contribution in [1.29, 1.82) is 0 Å². The van der Waals surface area contributed by atoms with E-state index in [1.165, 1.54) is 15.8 Å². The summed E-state index contributed by atoms with van der Waals surface area (Å²) in [5.41, 5.74) is -0.430. The monoisotopic (exact) mass is 540 g/mol. The van der Waals surface area contributed by atoms with Gasteiger partial charge in [0.25, 0.3) is 0 Å². The summed E-state index contributed by atoms with van der Waals surface area (Å²) in [4.78, 5) is 14.0. The van der Waals surface area contributed by atoms with Crippen molar-refractivity contribution < 1.29 is 14.3 Å². The van der Waals surface area contributed by atoms with Crippen molar-refractivity contribution in [2.75, 3.05) is 0 Å². The van der Waals surface area contributed by atoms with E-state index in [1.54, 1.807) is 11.3 Å². The Morgan fingerprint density at radius 2 is 1.46 bits per heavy atom. The molecule has 37 heavy (non-hydrogen) atoms. The van der Waals surface area contributed by atoms with E-state index in [1.807, 2.05) is 39.8 Å². The summed E-state index contributed by atoms with van der Waals surface area (Å²) in [5.74, 6) is 0.582. The minimum Gasteiger partial charge on any atom is -0.477 e. The number of thiophene rings is 1. The number of rotatable bonds is 8. The predicted molar refractivity (Wildman–Crippen MR) is 162 cm³/mol. The molecule has 0 fully saturated rings. The van der Waals surface area contributed by atoms with Gasteiger partial charge in [0, 0.05) is 16.0 Å². The molecule has 0 radical (unpaired) electrons. The minimum absolute atomic E-state index is 0.00677. The number of fused-ring (bicyclic) bond motifs is 1. The molecule has 0 bridgehead atoms. The molecule has 1 aromatic heterocycles. The highest BCUT2D eigenvalue weighted by atomic mass is 32.1. The highest BCUT2D eigenvalue weighted by Crippen LogP contribution is 2.48. The van der Waals surface area contributed by atoms with E-state index in [0.29, 0.717) is 6.42 Å². The first-order valence-electron chi connectivity index (χ1n) is 13.0.